The summed E-state index contributed by atoms with van der Waals surface area (Å²) in [7, 11) is -1.16. The Morgan fingerprint density at radius 1 is 0.968 bits per heavy atom. The molecule has 0 atom stereocenters. The van der Waals surface area contributed by atoms with E-state index in [2.05, 4.69) is 29.1 Å². The third-order valence-electron chi connectivity index (χ3n) is 6.07. The second kappa shape index (κ2) is 7.21. The number of aryl methyl sites for hydroxylation is 1. The number of aromatic nitrogens is 2. The van der Waals surface area contributed by atoms with Crippen LogP contribution < -0.4 is 10.9 Å². The molecule has 1 N–H and O–H groups in total. The van der Waals surface area contributed by atoms with Crippen molar-refractivity contribution in [3.8, 4) is 16.8 Å². The number of sulfone groups is 1. The maximum atomic E-state index is 12.9. The van der Waals surface area contributed by atoms with Crippen LogP contribution in [0, 0.1) is 0 Å². The molecule has 0 saturated carbocycles. The number of benzene rings is 2. The monoisotopic (exact) mass is 433 g/mol. The Morgan fingerprint density at radius 3 is 2.45 bits per heavy atom. The van der Waals surface area contributed by atoms with E-state index in [1.807, 2.05) is 12.1 Å². The fraction of sp³-hybridized carbons (Fsp3) is 0.208. The largest absolute Gasteiger partial charge is 0.347 e. The van der Waals surface area contributed by atoms with Gasteiger partial charge in [0, 0.05) is 56.2 Å². The smallest absolute Gasteiger partial charge is 0.255 e. The Bertz CT molecular complexity index is 1480. The molecule has 0 radical (unpaired) electrons. The van der Waals surface area contributed by atoms with Crippen molar-refractivity contribution in [2.24, 2.45) is 7.05 Å². The van der Waals surface area contributed by atoms with Crippen molar-refractivity contribution in [2.45, 2.75) is 17.9 Å². The minimum Gasteiger partial charge on any atom is -0.347 e. The van der Waals surface area contributed by atoms with E-state index in [0.29, 0.717) is 0 Å². The fourth-order valence-electron chi connectivity index (χ4n) is 4.41. The van der Waals surface area contributed by atoms with Gasteiger partial charge in [-0.15, -0.1) is 0 Å². The van der Waals surface area contributed by atoms with E-state index in [4.69, 9.17) is 0 Å². The van der Waals surface area contributed by atoms with E-state index in [1.165, 1.54) is 22.9 Å². The number of hydrogen-bond donors (Lipinski definition) is 1. The molecule has 0 unspecified atom stereocenters. The number of nitrogens with zero attached hydrogens (tertiary/aromatic N) is 2. The summed E-state index contributed by atoms with van der Waals surface area (Å²) in [5, 5.41) is 4.66. The molecule has 7 heteroatoms. The molecule has 1 aliphatic rings. The lowest BCUT2D eigenvalue weighted by atomic mass is 10.1. The summed E-state index contributed by atoms with van der Waals surface area (Å²) in [5.41, 5.74) is 6.06. The number of hydrogen-bond acceptors (Lipinski definition) is 4. The highest BCUT2D eigenvalue weighted by Crippen LogP contribution is 2.29. The van der Waals surface area contributed by atoms with Gasteiger partial charge in [0.25, 0.3) is 5.56 Å². The van der Waals surface area contributed by atoms with Crippen LogP contribution in [-0.2, 0) is 29.9 Å². The first-order valence-corrected chi connectivity index (χ1v) is 12.1. The Hall–Kier alpha value is -3.16. The van der Waals surface area contributed by atoms with E-state index < -0.39 is 9.84 Å². The van der Waals surface area contributed by atoms with E-state index >= 15 is 0 Å². The lowest BCUT2D eigenvalue weighted by molar-refractivity contribution is 0.602. The zero-order valence-electron chi connectivity index (χ0n) is 17.4. The minimum atomic E-state index is -3.25. The zero-order valence-corrected chi connectivity index (χ0v) is 18.2. The van der Waals surface area contributed by atoms with Crippen molar-refractivity contribution in [3.63, 3.8) is 0 Å². The Labute approximate surface area is 180 Å². The predicted molar refractivity (Wildman–Crippen MR) is 122 cm³/mol. The van der Waals surface area contributed by atoms with Crippen LogP contribution in [0.4, 0.5) is 0 Å². The van der Waals surface area contributed by atoms with Crippen LogP contribution in [0.1, 0.15) is 11.3 Å². The molecule has 2 aromatic heterocycles. The van der Waals surface area contributed by atoms with Crippen LogP contribution in [0.3, 0.4) is 0 Å². The molecule has 0 bridgehead atoms. The van der Waals surface area contributed by atoms with E-state index in [-0.39, 0.29) is 10.5 Å². The van der Waals surface area contributed by atoms with Gasteiger partial charge in [-0.2, -0.15) is 0 Å². The fourth-order valence-corrected chi connectivity index (χ4v) is 5.04. The van der Waals surface area contributed by atoms with E-state index in [0.717, 1.165) is 41.8 Å². The first-order chi connectivity index (χ1) is 14.8. The second-order valence-electron chi connectivity index (χ2n) is 8.03. The van der Waals surface area contributed by atoms with Crippen molar-refractivity contribution < 1.29 is 8.42 Å². The molecule has 0 aliphatic carbocycles. The quantitative estimate of drug-likeness (QED) is 0.539. The molecule has 5 rings (SSSR count). The molecular formula is C24H23N3O3S. The molecular weight excluding hydrogens is 410 g/mol. The highest BCUT2D eigenvalue weighted by Gasteiger charge is 2.18. The molecule has 0 spiro atoms. The molecule has 0 amide bonds. The Morgan fingerprint density at radius 2 is 1.74 bits per heavy atom. The van der Waals surface area contributed by atoms with E-state index in [1.54, 1.807) is 41.1 Å². The van der Waals surface area contributed by atoms with Gasteiger partial charge < -0.3 is 9.88 Å². The highest BCUT2D eigenvalue weighted by atomic mass is 32.2. The Kier molecular flexibility index (Phi) is 4.60. The third-order valence-corrected chi connectivity index (χ3v) is 7.20. The standard InChI is InChI=1S/C24H23N3O3S/c1-26-22-9-11-25-15-21(22)20-8-5-18(14-23(20)26)27-12-10-17(13-24(27)28)16-3-6-19(7-4-16)31(2,29)30/h3-8,10,12-14,25H,9,11,15H2,1-2H3. The average molecular weight is 434 g/mol. The number of pyridine rings is 1. The molecule has 31 heavy (non-hydrogen) atoms. The van der Waals surface area contributed by atoms with Crippen molar-refractivity contribution >= 4 is 20.7 Å². The summed E-state index contributed by atoms with van der Waals surface area (Å²) in [6, 6.07) is 16.2. The number of rotatable bonds is 3. The summed E-state index contributed by atoms with van der Waals surface area (Å²) >= 11 is 0. The van der Waals surface area contributed by atoms with Crippen LogP contribution in [0.25, 0.3) is 27.7 Å². The van der Waals surface area contributed by atoms with Crippen LogP contribution in [0.15, 0.2) is 70.5 Å². The van der Waals surface area contributed by atoms with Gasteiger partial charge in [-0.1, -0.05) is 18.2 Å². The first-order valence-electron chi connectivity index (χ1n) is 10.2. The molecule has 4 aromatic rings. The van der Waals surface area contributed by atoms with Crippen molar-refractivity contribution in [2.75, 3.05) is 12.8 Å². The van der Waals surface area contributed by atoms with Gasteiger partial charge >= 0.3 is 0 Å². The maximum absolute atomic E-state index is 12.9. The van der Waals surface area contributed by atoms with E-state index in [9.17, 15) is 13.2 Å². The second-order valence-corrected chi connectivity index (χ2v) is 10.0. The lowest BCUT2D eigenvalue weighted by Gasteiger charge is -2.14. The molecule has 1 aliphatic heterocycles. The lowest BCUT2D eigenvalue weighted by Crippen LogP contribution is -2.24. The SMILES string of the molecule is Cn1c2c(c3ccc(-n4ccc(-c5ccc(S(C)(=O)=O)cc5)cc4=O)cc31)CNCC2. The molecule has 6 nitrogen and oxygen atoms in total. The van der Waals surface area contributed by atoms with Crippen LogP contribution in [0.2, 0.25) is 0 Å². The average Bonchev–Trinajstić information content (AvgIpc) is 3.05. The summed E-state index contributed by atoms with van der Waals surface area (Å²) in [5.74, 6) is 0. The number of nitrogens with one attached hydrogen (secondary N) is 1. The van der Waals surface area contributed by atoms with Crippen molar-refractivity contribution in [1.82, 2.24) is 14.5 Å². The van der Waals surface area contributed by atoms with Gasteiger partial charge in [0.1, 0.15) is 0 Å². The molecule has 2 aromatic carbocycles. The van der Waals surface area contributed by atoms with Gasteiger partial charge in [-0.3, -0.25) is 9.36 Å². The zero-order chi connectivity index (χ0) is 21.8. The van der Waals surface area contributed by atoms with Crippen LogP contribution in [0.5, 0.6) is 0 Å². The minimum absolute atomic E-state index is 0.135. The number of fused-ring (bicyclic) bond motifs is 3. The maximum Gasteiger partial charge on any atom is 0.255 e. The normalized spacial score (nSPS) is 14.0. The van der Waals surface area contributed by atoms with Gasteiger partial charge in [-0.05, 0) is 47.0 Å². The first kappa shape index (κ1) is 19.8. The topological polar surface area (TPSA) is 73.1 Å². The molecule has 3 heterocycles. The predicted octanol–water partition coefficient (Wildman–Crippen LogP) is 3.05. The summed E-state index contributed by atoms with van der Waals surface area (Å²) in [6.45, 7) is 1.86. The van der Waals surface area contributed by atoms with Crippen molar-refractivity contribution in [3.05, 3.63) is 82.4 Å². The van der Waals surface area contributed by atoms with Gasteiger partial charge in [0.2, 0.25) is 0 Å². The molecule has 0 saturated heterocycles. The van der Waals surface area contributed by atoms with Gasteiger partial charge in [-0.25, -0.2) is 8.42 Å². The van der Waals surface area contributed by atoms with Gasteiger partial charge in [0.15, 0.2) is 9.84 Å². The highest BCUT2D eigenvalue weighted by molar-refractivity contribution is 7.90. The third kappa shape index (κ3) is 3.40. The summed E-state index contributed by atoms with van der Waals surface area (Å²) in [4.78, 5) is 13.2. The molecule has 0 fully saturated rings. The van der Waals surface area contributed by atoms with Gasteiger partial charge in [0.05, 0.1) is 16.1 Å². The van der Waals surface area contributed by atoms with Crippen molar-refractivity contribution in [1.29, 1.82) is 0 Å². The Balaban J connectivity index is 1.54. The molecule has 158 valence electrons. The van der Waals surface area contributed by atoms with Crippen LogP contribution >= 0.6 is 0 Å². The summed E-state index contributed by atoms with van der Waals surface area (Å²) < 4.78 is 27.2. The van der Waals surface area contributed by atoms with Crippen LogP contribution in [-0.4, -0.2) is 30.4 Å². The summed E-state index contributed by atoms with van der Waals surface area (Å²) in [6.07, 6.45) is 3.95.